The van der Waals surface area contributed by atoms with Crippen molar-refractivity contribution < 1.29 is 19.1 Å². The largest absolute Gasteiger partial charge is 0.361 e. The number of aryl methyl sites for hydroxylation is 1. The van der Waals surface area contributed by atoms with Crippen molar-refractivity contribution in [1.82, 2.24) is 14.9 Å². The van der Waals surface area contributed by atoms with Crippen LogP contribution in [0.4, 0.5) is 0 Å². The lowest BCUT2D eigenvalue weighted by Crippen LogP contribution is -2.43. The van der Waals surface area contributed by atoms with Crippen LogP contribution in [0.3, 0.4) is 0 Å². The van der Waals surface area contributed by atoms with Crippen LogP contribution in [0.1, 0.15) is 37.5 Å². The summed E-state index contributed by atoms with van der Waals surface area (Å²) in [6, 6.07) is 13.8. The molecule has 2 amide bonds. The number of rotatable bonds is 4. The van der Waals surface area contributed by atoms with Crippen LogP contribution < -0.4 is 0 Å². The predicted octanol–water partition coefficient (Wildman–Crippen LogP) is 4.60. The number of amides is 2. The van der Waals surface area contributed by atoms with Gasteiger partial charge in [-0.25, -0.2) is 4.90 Å². The number of H-pyrrole nitrogens is 2. The van der Waals surface area contributed by atoms with E-state index >= 15 is 0 Å². The van der Waals surface area contributed by atoms with Gasteiger partial charge in [-0.2, -0.15) is 0 Å². The van der Waals surface area contributed by atoms with Gasteiger partial charge in [0.2, 0.25) is 0 Å². The number of benzene rings is 2. The van der Waals surface area contributed by atoms with E-state index in [1.54, 1.807) is 20.0 Å². The molecule has 4 heterocycles. The summed E-state index contributed by atoms with van der Waals surface area (Å²) < 4.78 is 11.6. The van der Waals surface area contributed by atoms with Crippen LogP contribution in [-0.2, 0) is 25.5 Å². The van der Waals surface area contributed by atoms with E-state index < -0.39 is 12.0 Å². The van der Waals surface area contributed by atoms with Gasteiger partial charge < -0.3 is 19.4 Å². The van der Waals surface area contributed by atoms with Crippen molar-refractivity contribution in [3.63, 3.8) is 0 Å². The van der Waals surface area contributed by atoms with Crippen LogP contribution >= 0.6 is 0 Å². The Hall–Kier alpha value is -3.68. The fourth-order valence-corrected chi connectivity index (χ4v) is 5.13. The van der Waals surface area contributed by atoms with Crippen molar-refractivity contribution >= 4 is 44.8 Å². The van der Waals surface area contributed by atoms with Gasteiger partial charge >= 0.3 is 0 Å². The molecule has 2 N–H and O–H groups in total. The Labute approximate surface area is 196 Å². The van der Waals surface area contributed by atoms with E-state index in [1.807, 2.05) is 42.6 Å². The van der Waals surface area contributed by atoms with Gasteiger partial charge in [0.1, 0.15) is 0 Å². The Kier molecular flexibility index (Phi) is 4.56. The third kappa shape index (κ3) is 2.97. The molecule has 2 aromatic heterocycles. The number of nitrogens with zero attached hydrogens (tertiary/aromatic N) is 1. The summed E-state index contributed by atoms with van der Waals surface area (Å²) in [6.45, 7) is 5.77. The van der Waals surface area contributed by atoms with E-state index in [2.05, 4.69) is 23.0 Å². The summed E-state index contributed by atoms with van der Waals surface area (Å²) in [7, 11) is 0. The summed E-state index contributed by atoms with van der Waals surface area (Å²) in [4.78, 5) is 35.7. The Balaban J connectivity index is 1.61. The maximum Gasteiger partial charge on any atom is 0.264 e. The fourth-order valence-electron chi connectivity index (χ4n) is 5.13. The third-order valence-electron chi connectivity index (χ3n) is 6.70. The van der Waals surface area contributed by atoms with E-state index in [9.17, 15) is 9.59 Å². The van der Waals surface area contributed by atoms with Crippen LogP contribution in [0.2, 0.25) is 0 Å². The molecule has 4 aromatic rings. The summed E-state index contributed by atoms with van der Waals surface area (Å²) >= 11 is 0. The number of hydrogen-bond donors (Lipinski definition) is 2. The van der Waals surface area contributed by atoms with Crippen LogP contribution in [-0.4, -0.2) is 45.3 Å². The van der Waals surface area contributed by atoms with E-state index in [0.29, 0.717) is 16.7 Å². The van der Waals surface area contributed by atoms with E-state index in [0.717, 1.165) is 39.4 Å². The lowest BCUT2D eigenvalue weighted by atomic mass is 9.93. The molecule has 0 bridgehead atoms. The van der Waals surface area contributed by atoms with Crippen LogP contribution in [0, 0.1) is 0 Å². The van der Waals surface area contributed by atoms with Gasteiger partial charge in [0.25, 0.3) is 11.8 Å². The van der Waals surface area contributed by atoms with Crippen molar-refractivity contribution in [3.05, 3.63) is 71.5 Å². The highest BCUT2D eigenvalue weighted by atomic mass is 16.8. The highest BCUT2D eigenvalue weighted by Crippen LogP contribution is 2.43. The van der Waals surface area contributed by atoms with E-state index in [4.69, 9.17) is 9.47 Å². The first kappa shape index (κ1) is 20.9. The van der Waals surface area contributed by atoms with Crippen LogP contribution in [0.5, 0.6) is 0 Å². The summed E-state index contributed by atoms with van der Waals surface area (Å²) in [5.41, 5.74) is 5.13. The molecule has 7 heteroatoms. The van der Waals surface area contributed by atoms with Gasteiger partial charge in [-0.15, -0.1) is 0 Å². The summed E-state index contributed by atoms with van der Waals surface area (Å²) in [6.07, 6.45) is 3.65. The number of nitrogens with one attached hydrogen (secondary N) is 2. The number of hydrogen-bond acceptors (Lipinski definition) is 4. The average molecular weight is 456 g/mol. The summed E-state index contributed by atoms with van der Waals surface area (Å²) in [5.74, 6) is -1.62. The van der Waals surface area contributed by atoms with Gasteiger partial charge in [-0.3, -0.25) is 9.59 Å². The van der Waals surface area contributed by atoms with Gasteiger partial charge in [0, 0.05) is 45.3 Å². The second-order valence-corrected chi connectivity index (χ2v) is 9.16. The van der Waals surface area contributed by atoms with Crippen molar-refractivity contribution in [1.29, 1.82) is 0 Å². The molecule has 7 nitrogen and oxygen atoms in total. The maximum absolute atomic E-state index is 14.0. The Morgan fingerprint density at radius 3 is 2.35 bits per heavy atom. The smallest absolute Gasteiger partial charge is 0.264 e. The molecular weight excluding hydrogens is 430 g/mol. The minimum absolute atomic E-state index is 0.132. The molecule has 1 fully saturated rings. The van der Waals surface area contributed by atoms with E-state index in [-0.39, 0.29) is 18.4 Å². The first-order valence-electron chi connectivity index (χ1n) is 11.5. The second kappa shape index (κ2) is 7.41. The quantitative estimate of drug-likeness (QED) is 0.440. The number of carbonyl (C=O) groups is 2. The highest BCUT2D eigenvalue weighted by Gasteiger charge is 2.48. The Morgan fingerprint density at radius 2 is 1.62 bits per heavy atom. The zero-order valence-corrected chi connectivity index (χ0v) is 19.3. The van der Waals surface area contributed by atoms with Crippen molar-refractivity contribution in [3.8, 4) is 0 Å². The lowest BCUT2D eigenvalue weighted by molar-refractivity contribution is -0.169. The zero-order chi connectivity index (χ0) is 23.6. The predicted molar refractivity (Wildman–Crippen MR) is 130 cm³/mol. The minimum Gasteiger partial charge on any atom is -0.361 e. The maximum atomic E-state index is 14.0. The summed E-state index contributed by atoms with van der Waals surface area (Å²) in [5, 5.41) is 1.85. The molecule has 0 spiro atoms. The van der Waals surface area contributed by atoms with Crippen LogP contribution in [0.25, 0.3) is 33.0 Å². The third-order valence-corrected chi connectivity index (χ3v) is 6.70. The number of ether oxygens (including phenoxy) is 2. The average Bonchev–Trinajstić information content (AvgIpc) is 3.57. The number of carbonyl (C=O) groups excluding carboxylic acids is 2. The molecule has 0 saturated carbocycles. The van der Waals surface area contributed by atoms with Gasteiger partial charge in [0.15, 0.2) is 12.0 Å². The first-order chi connectivity index (χ1) is 16.4. The van der Waals surface area contributed by atoms with Gasteiger partial charge in [0.05, 0.1) is 17.8 Å². The number of fused-ring (bicyclic) bond motifs is 2. The Bertz CT molecular complexity index is 1510. The molecule has 1 saturated heterocycles. The molecule has 1 unspecified atom stereocenters. The molecule has 172 valence electrons. The topological polar surface area (TPSA) is 87.4 Å². The molecule has 1 atom stereocenters. The van der Waals surface area contributed by atoms with Crippen LogP contribution in [0.15, 0.2) is 54.9 Å². The second-order valence-electron chi connectivity index (χ2n) is 9.16. The molecule has 2 aliphatic rings. The Morgan fingerprint density at radius 1 is 0.941 bits per heavy atom. The number of aromatic amines is 2. The molecule has 0 aliphatic carbocycles. The van der Waals surface area contributed by atoms with Crippen molar-refractivity contribution in [2.24, 2.45) is 0 Å². The van der Waals surface area contributed by atoms with Crippen molar-refractivity contribution in [2.75, 3.05) is 6.61 Å². The SMILES string of the molecule is CCc1cccc2[nH]cc(C3=C(c4c[nH]c5ccccc45)C(=O)N(C4COC(C)(C)O4)C3=O)c12. The van der Waals surface area contributed by atoms with E-state index in [1.165, 1.54) is 4.90 Å². The standard InChI is InChI=1S/C27H25N3O4/c1-4-15-8-7-11-20-22(15)18(13-29-20)24-23(17-12-28-19-10-6-5-9-16(17)19)25(31)30(26(24)32)21-14-33-27(2,3)34-21/h5-13,21,28-29H,4,14H2,1-3H3. The number of para-hydroxylation sites is 1. The monoisotopic (exact) mass is 455 g/mol. The normalized spacial score (nSPS) is 20.4. The lowest BCUT2D eigenvalue weighted by Gasteiger charge is -2.23. The molecule has 0 radical (unpaired) electrons. The molecule has 2 aromatic carbocycles. The van der Waals surface area contributed by atoms with Gasteiger partial charge in [-0.1, -0.05) is 37.3 Å². The fraction of sp³-hybridized carbons (Fsp3) is 0.259. The van der Waals surface area contributed by atoms with Gasteiger partial charge in [-0.05, 0) is 38.0 Å². The molecule has 2 aliphatic heterocycles. The zero-order valence-electron chi connectivity index (χ0n) is 19.3. The van der Waals surface area contributed by atoms with Crippen molar-refractivity contribution in [2.45, 2.75) is 39.2 Å². The molecule has 34 heavy (non-hydrogen) atoms. The molecular formula is C27H25N3O4. The number of aromatic nitrogens is 2. The first-order valence-corrected chi connectivity index (χ1v) is 11.5. The minimum atomic E-state index is -0.870. The number of imide groups is 1. The molecule has 6 rings (SSSR count). The highest BCUT2D eigenvalue weighted by molar-refractivity contribution is 6.50.